The van der Waals surface area contributed by atoms with Crippen LogP contribution in [0.2, 0.25) is 0 Å². The predicted octanol–water partition coefficient (Wildman–Crippen LogP) is 1.75. The Bertz CT molecular complexity index is 495. The van der Waals surface area contributed by atoms with Crippen LogP contribution in [0.5, 0.6) is 5.75 Å². The normalized spacial score (nSPS) is 12.6. The van der Waals surface area contributed by atoms with E-state index in [1.807, 2.05) is 6.92 Å². The fourth-order valence-electron chi connectivity index (χ4n) is 1.54. The van der Waals surface area contributed by atoms with Crippen LogP contribution >= 0.6 is 0 Å². The van der Waals surface area contributed by atoms with Crippen molar-refractivity contribution in [1.82, 2.24) is 5.32 Å². The Labute approximate surface area is 124 Å². The lowest BCUT2D eigenvalue weighted by Gasteiger charge is -2.24. The number of methoxy groups -OCH3 is 1. The molecule has 0 heterocycles. The van der Waals surface area contributed by atoms with Crippen molar-refractivity contribution in [1.29, 1.82) is 0 Å². The molecule has 1 aromatic carbocycles. The number of carboxylic acids is 1. The number of aliphatic carboxylic acids is 1. The molecule has 6 heteroatoms. The fourth-order valence-corrected chi connectivity index (χ4v) is 1.54. The summed E-state index contributed by atoms with van der Waals surface area (Å²) in [5, 5.41) is 11.4. The van der Waals surface area contributed by atoms with Crippen molar-refractivity contribution in [3.05, 3.63) is 29.8 Å². The van der Waals surface area contributed by atoms with Gasteiger partial charge in [-0.25, -0.2) is 4.79 Å². The number of hydrogen-bond acceptors (Lipinski definition) is 4. The number of ether oxygens (including phenoxy) is 2. The minimum Gasteiger partial charge on any atom is -0.482 e. The number of hydrogen-bond donors (Lipinski definition) is 2. The van der Waals surface area contributed by atoms with Crippen molar-refractivity contribution in [3.8, 4) is 5.75 Å². The number of carboxylic acid groups (broad SMARTS) is 1. The molecule has 0 aliphatic carbocycles. The van der Waals surface area contributed by atoms with Crippen LogP contribution in [-0.2, 0) is 14.3 Å². The van der Waals surface area contributed by atoms with Crippen LogP contribution in [0.3, 0.4) is 0 Å². The van der Waals surface area contributed by atoms with Gasteiger partial charge in [-0.05, 0) is 38.5 Å². The maximum absolute atomic E-state index is 12.0. The van der Waals surface area contributed by atoms with Gasteiger partial charge in [-0.2, -0.15) is 0 Å². The maximum atomic E-state index is 12.0. The van der Waals surface area contributed by atoms with Gasteiger partial charge in [-0.15, -0.1) is 0 Å². The standard InChI is InChI=1S/C15H21NO5/c1-10(16-14(19)15(2,3)20-4)11-5-7-12(8-6-11)21-9-13(17)18/h5-8,10H,9H2,1-4H3,(H,16,19)(H,17,18). The summed E-state index contributed by atoms with van der Waals surface area (Å²) in [6, 6.07) is 6.70. The fraction of sp³-hybridized carbons (Fsp3) is 0.467. The molecule has 0 bridgehead atoms. The molecule has 0 aromatic heterocycles. The molecule has 0 fully saturated rings. The van der Waals surface area contributed by atoms with Crippen molar-refractivity contribution in [2.45, 2.75) is 32.4 Å². The Balaban J connectivity index is 2.65. The van der Waals surface area contributed by atoms with Crippen LogP contribution in [0.25, 0.3) is 0 Å². The Morgan fingerprint density at radius 1 is 1.29 bits per heavy atom. The third-order valence-electron chi connectivity index (χ3n) is 3.15. The van der Waals surface area contributed by atoms with Crippen molar-refractivity contribution >= 4 is 11.9 Å². The van der Waals surface area contributed by atoms with Gasteiger partial charge in [0, 0.05) is 7.11 Å². The summed E-state index contributed by atoms with van der Waals surface area (Å²) in [6.07, 6.45) is 0. The number of carbonyl (C=O) groups excluding carboxylic acids is 1. The largest absolute Gasteiger partial charge is 0.482 e. The van der Waals surface area contributed by atoms with E-state index >= 15 is 0 Å². The first-order valence-electron chi connectivity index (χ1n) is 6.57. The van der Waals surface area contributed by atoms with Gasteiger partial charge >= 0.3 is 5.97 Å². The summed E-state index contributed by atoms with van der Waals surface area (Å²) in [5.74, 6) is -0.762. The summed E-state index contributed by atoms with van der Waals surface area (Å²) >= 11 is 0. The summed E-state index contributed by atoms with van der Waals surface area (Å²) in [6.45, 7) is 4.86. The summed E-state index contributed by atoms with van der Waals surface area (Å²) in [4.78, 5) is 22.4. The highest BCUT2D eigenvalue weighted by Crippen LogP contribution is 2.19. The van der Waals surface area contributed by atoms with Crippen LogP contribution < -0.4 is 10.1 Å². The Hall–Kier alpha value is -2.08. The highest BCUT2D eigenvalue weighted by molar-refractivity contribution is 5.84. The van der Waals surface area contributed by atoms with E-state index in [-0.39, 0.29) is 18.6 Å². The van der Waals surface area contributed by atoms with Gasteiger partial charge in [0.1, 0.15) is 11.4 Å². The van der Waals surface area contributed by atoms with Gasteiger partial charge < -0.3 is 19.9 Å². The van der Waals surface area contributed by atoms with E-state index in [2.05, 4.69) is 5.32 Å². The molecular weight excluding hydrogens is 274 g/mol. The monoisotopic (exact) mass is 295 g/mol. The lowest BCUT2D eigenvalue weighted by Crippen LogP contribution is -2.44. The molecule has 0 aliphatic heterocycles. The van der Waals surface area contributed by atoms with E-state index in [1.165, 1.54) is 7.11 Å². The van der Waals surface area contributed by atoms with Gasteiger partial charge in [-0.1, -0.05) is 12.1 Å². The quantitative estimate of drug-likeness (QED) is 0.800. The lowest BCUT2D eigenvalue weighted by atomic mass is 10.1. The number of carbonyl (C=O) groups is 2. The molecule has 0 saturated heterocycles. The molecule has 1 rings (SSSR count). The molecule has 1 amide bonds. The van der Waals surface area contributed by atoms with Crippen LogP contribution in [-0.4, -0.2) is 36.3 Å². The SMILES string of the molecule is COC(C)(C)C(=O)NC(C)c1ccc(OCC(=O)O)cc1. The highest BCUT2D eigenvalue weighted by atomic mass is 16.5. The molecule has 116 valence electrons. The first-order valence-corrected chi connectivity index (χ1v) is 6.57. The Kier molecular flexibility index (Phi) is 5.72. The molecule has 1 atom stereocenters. The summed E-state index contributed by atoms with van der Waals surface area (Å²) < 4.78 is 10.2. The molecule has 1 unspecified atom stereocenters. The van der Waals surface area contributed by atoms with E-state index in [1.54, 1.807) is 38.1 Å². The average molecular weight is 295 g/mol. The Morgan fingerprint density at radius 2 is 1.86 bits per heavy atom. The van der Waals surface area contributed by atoms with E-state index < -0.39 is 11.6 Å². The van der Waals surface area contributed by atoms with E-state index in [0.29, 0.717) is 5.75 Å². The average Bonchev–Trinajstić information content (AvgIpc) is 2.45. The van der Waals surface area contributed by atoms with E-state index in [0.717, 1.165) is 5.56 Å². The zero-order valence-corrected chi connectivity index (χ0v) is 12.7. The highest BCUT2D eigenvalue weighted by Gasteiger charge is 2.28. The van der Waals surface area contributed by atoms with Crippen LogP contribution in [0, 0.1) is 0 Å². The van der Waals surface area contributed by atoms with E-state index in [4.69, 9.17) is 14.6 Å². The summed E-state index contributed by atoms with van der Waals surface area (Å²) in [7, 11) is 1.48. The zero-order valence-electron chi connectivity index (χ0n) is 12.7. The molecule has 21 heavy (non-hydrogen) atoms. The van der Waals surface area contributed by atoms with Crippen molar-refractivity contribution in [2.75, 3.05) is 13.7 Å². The van der Waals surface area contributed by atoms with Crippen LogP contribution in [0.15, 0.2) is 24.3 Å². The molecule has 0 spiro atoms. The minimum atomic E-state index is -1.03. The molecule has 2 N–H and O–H groups in total. The lowest BCUT2D eigenvalue weighted by molar-refractivity contribution is -0.140. The van der Waals surface area contributed by atoms with Crippen molar-refractivity contribution < 1.29 is 24.2 Å². The van der Waals surface area contributed by atoms with Crippen molar-refractivity contribution in [3.63, 3.8) is 0 Å². The molecule has 0 aliphatic rings. The van der Waals surface area contributed by atoms with Crippen LogP contribution in [0.4, 0.5) is 0 Å². The number of rotatable bonds is 7. The van der Waals surface area contributed by atoms with Crippen molar-refractivity contribution in [2.24, 2.45) is 0 Å². The first kappa shape index (κ1) is 17.0. The van der Waals surface area contributed by atoms with E-state index in [9.17, 15) is 9.59 Å². The zero-order chi connectivity index (χ0) is 16.0. The topological polar surface area (TPSA) is 84.9 Å². The molecule has 1 aromatic rings. The van der Waals surface area contributed by atoms with Gasteiger partial charge in [0.15, 0.2) is 6.61 Å². The third kappa shape index (κ3) is 5.07. The second-order valence-electron chi connectivity index (χ2n) is 5.16. The van der Waals surface area contributed by atoms with Crippen LogP contribution in [0.1, 0.15) is 32.4 Å². The smallest absolute Gasteiger partial charge is 0.341 e. The van der Waals surface area contributed by atoms with Gasteiger partial charge in [0.2, 0.25) is 0 Å². The maximum Gasteiger partial charge on any atom is 0.341 e. The van der Waals surface area contributed by atoms with Gasteiger partial charge in [0.05, 0.1) is 6.04 Å². The number of benzene rings is 1. The number of nitrogens with one attached hydrogen (secondary N) is 1. The van der Waals surface area contributed by atoms with Gasteiger partial charge in [-0.3, -0.25) is 4.79 Å². The third-order valence-corrected chi connectivity index (χ3v) is 3.15. The second kappa shape index (κ2) is 7.08. The molecular formula is C15H21NO5. The second-order valence-corrected chi connectivity index (χ2v) is 5.16. The molecule has 0 radical (unpaired) electrons. The summed E-state index contributed by atoms with van der Waals surface area (Å²) in [5.41, 5.74) is -0.00311. The molecule has 6 nitrogen and oxygen atoms in total. The number of amides is 1. The van der Waals surface area contributed by atoms with Gasteiger partial charge in [0.25, 0.3) is 5.91 Å². The first-order chi connectivity index (χ1) is 9.76. The Morgan fingerprint density at radius 3 is 2.33 bits per heavy atom. The minimum absolute atomic E-state index is 0.194. The predicted molar refractivity (Wildman–Crippen MR) is 77.2 cm³/mol. The molecule has 0 saturated carbocycles.